The standard InChI is InChI=1S/C28H30F4O3Si/c1-26(2,3)36(23-10-6-4-7-11-23,24-12-8-5-9-13-24)34-19-22-18-25(29)27(33,35-22)20-14-16-21(17-15-20)28(30,31)32/h4-17,22,25,33H,18-19H2,1-3H3. The van der Waals surface area contributed by atoms with Gasteiger partial charge in [-0.25, -0.2) is 4.39 Å². The van der Waals surface area contributed by atoms with Gasteiger partial charge >= 0.3 is 6.18 Å². The van der Waals surface area contributed by atoms with Crippen LogP contribution < -0.4 is 10.4 Å². The number of ether oxygens (including phenoxy) is 1. The van der Waals surface area contributed by atoms with Crippen LogP contribution in [0.15, 0.2) is 84.9 Å². The molecule has 1 heterocycles. The average Bonchev–Trinajstić information content (AvgIpc) is 3.14. The normalized spacial score (nSPS) is 23.1. The molecule has 0 aromatic heterocycles. The zero-order valence-corrected chi connectivity index (χ0v) is 21.4. The molecule has 3 aromatic rings. The van der Waals surface area contributed by atoms with E-state index in [-0.39, 0.29) is 23.6 Å². The van der Waals surface area contributed by atoms with E-state index in [2.05, 4.69) is 20.8 Å². The molecule has 0 amide bonds. The Morgan fingerprint density at radius 1 is 0.889 bits per heavy atom. The van der Waals surface area contributed by atoms with Gasteiger partial charge in [-0.3, -0.25) is 0 Å². The molecule has 1 aliphatic rings. The second-order valence-electron chi connectivity index (χ2n) is 10.2. The SMILES string of the molecule is CC(C)(C)[Si](OCC1CC(F)C(O)(c2ccc(C(F)(F)F)cc2)O1)(c1ccccc1)c1ccccc1. The molecule has 0 saturated carbocycles. The smallest absolute Gasteiger partial charge is 0.405 e. The van der Waals surface area contributed by atoms with Gasteiger partial charge in [0.2, 0.25) is 5.79 Å². The molecular formula is C28H30F4O3Si. The number of hydrogen-bond donors (Lipinski definition) is 1. The number of aliphatic hydroxyl groups is 1. The van der Waals surface area contributed by atoms with Gasteiger partial charge in [-0.2, -0.15) is 13.2 Å². The third-order valence-electron chi connectivity index (χ3n) is 6.77. The quantitative estimate of drug-likeness (QED) is 0.343. The van der Waals surface area contributed by atoms with Gasteiger partial charge < -0.3 is 14.3 Å². The average molecular weight is 519 g/mol. The third kappa shape index (κ3) is 4.87. The fourth-order valence-electron chi connectivity index (χ4n) is 5.00. The minimum atomic E-state index is -4.53. The lowest BCUT2D eigenvalue weighted by molar-refractivity contribution is -0.226. The van der Waals surface area contributed by atoms with Crippen LogP contribution in [-0.2, 0) is 21.1 Å². The Kier molecular flexibility index (Phi) is 7.18. The van der Waals surface area contributed by atoms with Crippen LogP contribution in [0.3, 0.4) is 0 Å². The summed E-state index contributed by atoms with van der Waals surface area (Å²) in [4.78, 5) is 0. The molecule has 0 radical (unpaired) electrons. The second kappa shape index (κ2) is 9.74. The fourth-order valence-corrected chi connectivity index (χ4v) is 9.59. The van der Waals surface area contributed by atoms with E-state index in [1.807, 2.05) is 60.7 Å². The van der Waals surface area contributed by atoms with Crippen molar-refractivity contribution in [3.8, 4) is 0 Å². The van der Waals surface area contributed by atoms with Crippen molar-refractivity contribution in [1.82, 2.24) is 0 Å². The van der Waals surface area contributed by atoms with Crippen LogP contribution in [0.5, 0.6) is 0 Å². The van der Waals surface area contributed by atoms with Crippen LogP contribution in [0, 0.1) is 0 Å². The molecule has 1 N–H and O–H groups in total. The van der Waals surface area contributed by atoms with Gasteiger partial charge in [-0.15, -0.1) is 0 Å². The van der Waals surface area contributed by atoms with Crippen molar-refractivity contribution in [2.75, 3.05) is 6.61 Å². The summed E-state index contributed by atoms with van der Waals surface area (Å²) in [5.74, 6) is -2.34. The van der Waals surface area contributed by atoms with Crippen molar-refractivity contribution in [2.24, 2.45) is 0 Å². The highest BCUT2D eigenvalue weighted by Gasteiger charge is 2.53. The monoisotopic (exact) mass is 518 g/mol. The largest absolute Gasteiger partial charge is 0.416 e. The molecule has 36 heavy (non-hydrogen) atoms. The number of rotatable bonds is 6. The Hall–Kier alpha value is -2.52. The van der Waals surface area contributed by atoms with Gasteiger partial charge in [0.25, 0.3) is 8.32 Å². The number of halogens is 4. The maximum atomic E-state index is 15.1. The second-order valence-corrected chi connectivity index (χ2v) is 14.5. The number of benzene rings is 3. The summed E-state index contributed by atoms with van der Waals surface area (Å²) in [5, 5.41) is 12.8. The molecule has 4 rings (SSSR count). The molecule has 0 spiro atoms. The fraction of sp³-hybridized carbons (Fsp3) is 0.357. The predicted molar refractivity (Wildman–Crippen MR) is 133 cm³/mol. The van der Waals surface area contributed by atoms with Crippen LogP contribution in [0.25, 0.3) is 0 Å². The highest BCUT2D eigenvalue weighted by molar-refractivity contribution is 6.99. The van der Waals surface area contributed by atoms with Crippen LogP contribution in [-0.4, -0.2) is 32.3 Å². The van der Waals surface area contributed by atoms with Gasteiger partial charge in [-0.1, -0.05) is 93.6 Å². The summed E-state index contributed by atoms with van der Waals surface area (Å²) >= 11 is 0. The Morgan fingerprint density at radius 3 is 1.83 bits per heavy atom. The Balaban J connectivity index is 1.62. The minimum absolute atomic E-state index is 0.0244. The Morgan fingerprint density at radius 2 is 1.39 bits per heavy atom. The lowest BCUT2D eigenvalue weighted by Gasteiger charge is -2.43. The van der Waals surface area contributed by atoms with E-state index in [1.165, 1.54) is 0 Å². The number of alkyl halides is 4. The van der Waals surface area contributed by atoms with Crippen molar-refractivity contribution in [3.05, 3.63) is 96.1 Å². The van der Waals surface area contributed by atoms with Crippen molar-refractivity contribution < 1.29 is 31.8 Å². The van der Waals surface area contributed by atoms with Crippen molar-refractivity contribution in [3.63, 3.8) is 0 Å². The Bertz CT molecular complexity index is 1110. The zero-order valence-electron chi connectivity index (χ0n) is 20.4. The van der Waals surface area contributed by atoms with Gasteiger partial charge in [0.05, 0.1) is 18.3 Å². The summed E-state index contributed by atoms with van der Waals surface area (Å²) in [6.45, 7) is 6.37. The van der Waals surface area contributed by atoms with Crippen LogP contribution in [0.4, 0.5) is 17.6 Å². The minimum Gasteiger partial charge on any atom is -0.405 e. The summed E-state index contributed by atoms with van der Waals surface area (Å²) in [7, 11) is -2.90. The van der Waals surface area contributed by atoms with Crippen LogP contribution in [0.1, 0.15) is 38.3 Å². The molecule has 3 nitrogen and oxygen atoms in total. The summed E-state index contributed by atoms with van der Waals surface area (Å²) in [5.41, 5.74) is -0.939. The highest BCUT2D eigenvalue weighted by atomic mass is 28.4. The molecule has 0 aliphatic carbocycles. The van der Waals surface area contributed by atoms with E-state index in [0.29, 0.717) is 0 Å². The van der Waals surface area contributed by atoms with Gasteiger partial charge in [0.15, 0.2) is 6.17 Å². The van der Waals surface area contributed by atoms with E-state index < -0.39 is 38.1 Å². The van der Waals surface area contributed by atoms with E-state index in [0.717, 1.165) is 34.6 Å². The van der Waals surface area contributed by atoms with E-state index in [4.69, 9.17) is 9.16 Å². The van der Waals surface area contributed by atoms with E-state index in [9.17, 15) is 18.3 Å². The first kappa shape index (κ1) is 26.5. The maximum Gasteiger partial charge on any atom is 0.416 e. The highest BCUT2D eigenvalue weighted by Crippen LogP contribution is 2.42. The molecule has 1 saturated heterocycles. The molecule has 0 bridgehead atoms. The first-order valence-corrected chi connectivity index (χ1v) is 13.8. The number of hydrogen-bond acceptors (Lipinski definition) is 3. The molecule has 3 unspecified atom stereocenters. The predicted octanol–water partition coefficient (Wildman–Crippen LogP) is 5.55. The van der Waals surface area contributed by atoms with Crippen LogP contribution >= 0.6 is 0 Å². The maximum absolute atomic E-state index is 15.1. The lowest BCUT2D eigenvalue weighted by Crippen LogP contribution is -2.67. The molecule has 3 atom stereocenters. The first-order chi connectivity index (χ1) is 16.9. The van der Waals surface area contributed by atoms with E-state index >= 15 is 4.39 Å². The van der Waals surface area contributed by atoms with Crippen LogP contribution in [0.2, 0.25) is 5.04 Å². The molecule has 1 fully saturated rings. The lowest BCUT2D eigenvalue weighted by atomic mass is 9.99. The summed E-state index contributed by atoms with van der Waals surface area (Å²) in [6.07, 6.45) is -7.27. The molecule has 1 aliphatic heterocycles. The zero-order chi connectivity index (χ0) is 26.2. The Labute approximate surface area is 209 Å². The van der Waals surface area contributed by atoms with Gasteiger partial charge in [-0.05, 0) is 27.5 Å². The third-order valence-corrected chi connectivity index (χ3v) is 11.8. The summed E-state index contributed by atoms with van der Waals surface area (Å²) < 4.78 is 66.4. The molecule has 192 valence electrons. The van der Waals surface area contributed by atoms with Crippen molar-refractivity contribution in [1.29, 1.82) is 0 Å². The first-order valence-electron chi connectivity index (χ1n) is 11.8. The molecular weight excluding hydrogens is 488 g/mol. The molecule has 8 heteroatoms. The summed E-state index contributed by atoms with van der Waals surface area (Å²) in [6, 6.07) is 23.6. The van der Waals surface area contributed by atoms with Gasteiger partial charge in [0, 0.05) is 12.0 Å². The topological polar surface area (TPSA) is 38.7 Å². The van der Waals surface area contributed by atoms with Crippen molar-refractivity contribution in [2.45, 2.75) is 56.5 Å². The van der Waals surface area contributed by atoms with E-state index in [1.54, 1.807) is 0 Å². The molecule has 3 aromatic carbocycles. The van der Waals surface area contributed by atoms with Crippen molar-refractivity contribution >= 4 is 18.7 Å². The van der Waals surface area contributed by atoms with Gasteiger partial charge in [0.1, 0.15) is 0 Å².